The van der Waals surface area contributed by atoms with Crippen LogP contribution >= 0.6 is 11.3 Å². The lowest BCUT2D eigenvalue weighted by Crippen LogP contribution is -1.84. The molecule has 1 aromatic carbocycles. The van der Waals surface area contributed by atoms with Gasteiger partial charge in [-0.15, -0.1) is 11.3 Å². The lowest BCUT2D eigenvalue weighted by molar-refractivity contribution is 1.39. The summed E-state index contributed by atoms with van der Waals surface area (Å²) in [6.45, 7) is 6.50. The van der Waals surface area contributed by atoms with E-state index < -0.39 is 0 Å². The van der Waals surface area contributed by atoms with E-state index in [2.05, 4.69) is 50.4 Å². The fourth-order valence-corrected chi connectivity index (χ4v) is 2.84. The van der Waals surface area contributed by atoms with Crippen LogP contribution in [0, 0.1) is 20.8 Å². The van der Waals surface area contributed by atoms with E-state index in [1.807, 2.05) is 11.3 Å². The Morgan fingerprint density at radius 1 is 1.00 bits per heavy atom. The predicted octanol–water partition coefficient (Wildman–Crippen LogP) is 4.34. The molecule has 0 N–H and O–H groups in total. The summed E-state index contributed by atoms with van der Waals surface area (Å²) in [6, 6.07) is 8.74. The first kappa shape index (κ1) is 9.47. The molecule has 2 rings (SSSR count). The molecule has 0 saturated carbocycles. The Morgan fingerprint density at radius 2 is 1.64 bits per heavy atom. The summed E-state index contributed by atoms with van der Waals surface area (Å²) in [5.41, 5.74) is 5.50. The minimum absolute atomic E-state index is 1.35. The van der Waals surface area contributed by atoms with Crippen LogP contribution < -0.4 is 0 Å². The molecule has 0 radical (unpaired) electrons. The van der Waals surface area contributed by atoms with Crippen LogP contribution in [0.25, 0.3) is 10.4 Å². The monoisotopic (exact) mass is 202 g/mol. The van der Waals surface area contributed by atoms with Gasteiger partial charge in [0.05, 0.1) is 0 Å². The second kappa shape index (κ2) is 3.58. The first-order chi connectivity index (χ1) is 6.68. The molecule has 0 saturated heterocycles. The van der Waals surface area contributed by atoms with Gasteiger partial charge in [-0.3, -0.25) is 0 Å². The Balaban J connectivity index is 2.61. The SMILES string of the molecule is Cc1csc(-c2c(C)cccc2C)c1. The molecule has 72 valence electrons. The van der Waals surface area contributed by atoms with Crippen LogP contribution in [-0.2, 0) is 0 Å². The first-order valence-corrected chi connectivity index (χ1v) is 5.68. The van der Waals surface area contributed by atoms with E-state index in [1.54, 1.807) is 0 Å². The van der Waals surface area contributed by atoms with Gasteiger partial charge in [-0.05, 0) is 54.5 Å². The van der Waals surface area contributed by atoms with Crippen LogP contribution in [0.3, 0.4) is 0 Å². The van der Waals surface area contributed by atoms with Gasteiger partial charge in [-0.25, -0.2) is 0 Å². The average molecular weight is 202 g/mol. The van der Waals surface area contributed by atoms with Gasteiger partial charge in [0.1, 0.15) is 0 Å². The Morgan fingerprint density at radius 3 is 2.14 bits per heavy atom. The molecule has 0 nitrogen and oxygen atoms in total. The Bertz CT molecular complexity index is 432. The van der Waals surface area contributed by atoms with Gasteiger partial charge in [-0.1, -0.05) is 18.2 Å². The Labute approximate surface area is 89.2 Å². The van der Waals surface area contributed by atoms with Gasteiger partial charge in [0.2, 0.25) is 0 Å². The lowest BCUT2D eigenvalue weighted by Gasteiger charge is -2.06. The Kier molecular flexibility index (Phi) is 2.42. The fourth-order valence-electron chi connectivity index (χ4n) is 1.77. The molecule has 0 aliphatic heterocycles. The molecule has 0 spiro atoms. The van der Waals surface area contributed by atoms with Crippen LogP contribution in [0.1, 0.15) is 16.7 Å². The van der Waals surface area contributed by atoms with Crippen LogP contribution in [0.2, 0.25) is 0 Å². The van der Waals surface area contributed by atoms with Crippen molar-refractivity contribution < 1.29 is 0 Å². The summed E-state index contributed by atoms with van der Waals surface area (Å²) in [5.74, 6) is 0. The second-order valence-electron chi connectivity index (χ2n) is 3.76. The predicted molar refractivity (Wildman–Crippen MR) is 64.0 cm³/mol. The summed E-state index contributed by atoms with van der Waals surface area (Å²) in [5, 5.41) is 2.21. The minimum atomic E-state index is 1.35. The van der Waals surface area contributed by atoms with E-state index in [-0.39, 0.29) is 0 Å². The van der Waals surface area contributed by atoms with Crippen LogP contribution in [0.4, 0.5) is 0 Å². The van der Waals surface area contributed by atoms with E-state index in [1.165, 1.54) is 27.1 Å². The van der Waals surface area contributed by atoms with Crippen molar-refractivity contribution in [2.45, 2.75) is 20.8 Å². The van der Waals surface area contributed by atoms with E-state index in [0.29, 0.717) is 0 Å². The maximum absolute atomic E-state index is 2.26. The summed E-state index contributed by atoms with van der Waals surface area (Å²) in [7, 11) is 0. The second-order valence-corrected chi connectivity index (χ2v) is 4.67. The number of hydrogen-bond donors (Lipinski definition) is 0. The summed E-state index contributed by atoms with van der Waals surface area (Å²) in [4.78, 5) is 1.39. The zero-order valence-electron chi connectivity index (χ0n) is 8.79. The van der Waals surface area contributed by atoms with Crippen LogP contribution in [-0.4, -0.2) is 0 Å². The molecule has 0 fully saturated rings. The van der Waals surface area contributed by atoms with Crippen molar-refractivity contribution in [1.29, 1.82) is 0 Å². The molecule has 0 unspecified atom stereocenters. The molecule has 1 heterocycles. The highest BCUT2D eigenvalue weighted by atomic mass is 32.1. The van der Waals surface area contributed by atoms with Gasteiger partial charge >= 0.3 is 0 Å². The summed E-state index contributed by atoms with van der Waals surface area (Å²) < 4.78 is 0. The number of thiophene rings is 1. The van der Waals surface area contributed by atoms with Crippen LogP contribution in [0.5, 0.6) is 0 Å². The van der Waals surface area contributed by atoms with Crippen LogP contribution in [0.15, 0.2) is 29.6 Å². The number of hydrogen-bond acceptors (Lipinski definition) is 1. The maximum atomic E-state index is 2.26. The minimum Gasteiger partial charge on any atom is -0.144 e. The number of aryl methyl sites for hydroxylation is 3. The normalized spacial score (nSPS) is 10.5. The highest BCUT2D eigenvalue weighted by molar-refractivity contribution is 7.13. The van der Waals surface area contributed by atoms with Crippen molar-refractivity contribution in [2.75, 3.05) is 0 Å². The van der Waals surface area contributed by atoms with Crippen molar-refractivity contribution in [3.8, 4) is 10.4 Å². The van der Waals surface area contributed by atoms with E-state index in [0.717, 1.165) is 0 Å². The first-order valence-electron chi connectivity index (χ1n) is 4.80. The highest BCUT2D eigenvalue weighted by Gasteiger charge is 2.06. The van der Waals surface area contributed by atoms with E-state index >= 15 is 0 Å². The zero-order valence-corrected chi connectivity index (χ0v) is 9.61. The third-order valence-electron chi connectivity index (χ3n) is 2.46. The molecule has 2 aromatic rings. The van der Waals surface area contributed by atoms with Gasteiger partial charge in [0, 0.05) is 4.88 Å². The lowest BCUT2D eigenvalue weighted by atomic mass is 10.0. The third-order valence-corrected chi connectivity index (χ3v) is 3.52. The summed E-state index contributed by atoms with van der Waals surface area (Å²) in [6.07, 6.45) is 0. The van der Waals surface area contributed by atoms with Gasteiger partial charge in [0.25, 0.3) is 0 Å². The highest BCUT2D eigenvalue weighted by Crippen LogP contribution is 2.31. The third kappa shape index (κ3) is 1.60. The molecular formula is C13H14S. The smallest absolute Gasteiger partial charge is 0.0350 e. The molecule has 0 bridgehead atoms. The molecule has 0 amide bonds. The molecular weight excluding hydrogens is 188 g/mol. The summed E-state index contributed by atoms with van der Waals surface area (Å²) >= 11 is 1.83. The number of rotatable bonds is 1. The average Bonchev–Trinajstić information content (AvgIpc) is 2.51. The van der Waals surface area contributed by atoms with Crippen molar-refractivity contribution in [1.82, 2.24) is 0 Å². The van der Waals surface area contributed by atoms with Crippen molar-refractivity contribution in [3.63, 3.8) is 0 Å². The van der Waals surface area contributed by atoms with E-state index in [4.69, 9.17) is 0 Å². The molecule has 0 aliphatic carbocycles. The Hall–Kier alpha value is -1.08. The maximum Gasteiger partial charge on any atom is 0.0350 e. The van der Waals surface area contributed by atoms with Gasteiger partial charge < -0.3 is 0 Å². The molecule has 14 heavy (non-hydrogen) atoms. The quantitative estimate of drug-likeness (QED) is 0.645. The standard InChI is InChI=1S/C13H14S/c1-9-7-12(14-8-9)13-10(2)5-4-6-11(13)3/h4-8H,1-3H3. The van der Waals surface area contributed by atoms with Crippen molar-refractivity contribution in [3.05, 3.63) is 46.3 Å². The molecule has 1 heteroatoms. The molecule has 0 atom stereocenters. The largest absolute Gasteiger partial charge is 0.144 e. The van der Waals surface area contributed by atoms with E-state index in [9.17, 15) is 0 Å². The zero-order chi connectivity index (χ0) is 10.1. The van der Waals surface area contributed by atoms with Gasteiger partial charge in [0.15, 0.2) is 0 Å². The van der Waals surface area contributed by atoms with Crippen molar-refractivity contribution in [2.24, 2.45) is 0 Å². The topological polar surface area (TPSA) is 0 Å². The molecule has 0 aliphatic rings. The molecule has 1 aromatic heterocycles. The van der Waals surface area contributed by atoms with Gasteiger partial charge in [-0.2, -0.15) is 0 Å². The van der Waals surface area contributed by atoms with Crippen molar-refractivity contribution >= 4 is 11.3 Å². The number of benzene rings is 1. The fraction of sp³-hybridized carbons (Fsp3) is 0.231.